The number of halogens is 5. The van der Waals surface area contributed by atoms with Crippen LogP contribution in [0.2, 0.25) is 0 Å². The third kappa shape index (κ3) is 2.04. The van der Waals surface area contributed by atoms with Gasteiger partial charge in [0.1, 0.15) is 5.82 Å². The summed E-state index contributed by atoms with van der Waals surface area (Å²) in [5, 5.41) is 0. The number of hydrogen-bond acceptors (Lipinski definition) is 0. The summed E-state index contributed by atoms with van der Waals surface area (Å²) in [6.45, 7) is 6.55. The van der Waals surface area contributed by atoms with Gasteiger partial charge in [-0.3, -0.25) is 0 Å². The van der Waals surface area contributed by atoms with E-state index in [4.69, 9.17) is 6.57 Å². The fourth-order valence-electron chi connectivity index (χ4n) is 0.896. The second-order valence-electron chi connectivity index (χ2n) is 2.39. The molecule has 0 aliphatic carbocycles. The van der Waals surface area contributed by atoms with Crippen molar-refractivity contribution in [3.63, 3.8) is 0 Å². The highest BCUT2D eigenvalue weighted by Crippen LogP contribution is 2.40. The van der Waals surface area contributed by atoms with Gasteiger partial charge in [-0.15, -0.1) is 0 Å². The first-order valence-corrected chi connectivity index (χ1v) is 4.09. The minimum Gasteiger partial charge on any atom is -0.236 e. The first-order chi connectivity index (χ1) is 6.36. The Balaban J connectivity index is 3.50. The van der Waals surface area contributed by atoms with Crippen molar-refractivity contribution in [2.24, 2.45) is 0 Å². The highest BCUT2D eigenvalue weighted by molar-refractivity contribution is 9.10. The highest BCUT2D eigenvalue weighted by atomic mass is 79.9. The molecule has 0 fully saturated rings. The summed E-state index contributed by atoms with van der Waals surface area (Å²) in [7, 11) is 0. The molecule has 0 saturated heterocycles. The molecule has 1 aromatic carbocycles. The molecule has 0 saturated carbocycles. The maximum Gasteiger partial charge on any atom is 0.407 e. The topological polar surface area (TPSA) is 4.36 Å². The van der Waals surface area contributed by atoms with Crippen LogP contribution in [0.5, 0.6) is 0 Å². The van der Waals surface area contributed by atoms with Crippen molar-refractivity contribution in [1.82, 2.24) is 0 Å². The van der Waals surface area contributed by atoms with Crippen LogP contribution in [-0.4, -0.2) is 0 Å². The summed E-state index contributed by atoms with van der Waals surface area (Å²) >= 11 is 2.70. The Labute approximate surface area is 85.3 Å². The lowest BCUT2D eigenvalue weighted by Gasteiger charge is -2.09. The monoisotopic (exact) mass is 267 g/mol. The maximum absolute atomic E-state index is 12.6. The number of benzene rings is 1. The quantitative estimate of drug-likeness (QED) is 0.491. The van der Waals surface area contributed by atoms with Gasteiger partial charge in [0.05, 0.1) is 12.1 Å². The zero-order valence-corrected chi connectivity index (χ0v) is 8.08. The van der Waals surface area contributed by atoms with E-state index in [2.05, 4.69) is 20.8 Å². The van der Waals surface area contributed by atoms with Gasteiger partial charge < -0.3 is 0 Å². The summed E-state index contributed by atoms with van der Waals surface area (Å²) in [4.78, 5) is 2.69. The van der Waals surface area contributed by atoms with Crippen molar-refractivity contribution in [3.05, 3.63) is 39.4 Å². The van der Waals surface area contributed by atoms with E-state index >= 15 is 0 Å². The molecule has 14 heavy (non-hydrogen) atoms. The van der Waals surface area contributed by atoms with Crippen molar-refractivity contribution < 1.29 is 17.6 Å². The lowest BCUT2D eigenvalue weighted by atomic mass is 10.1. The van der Waals surface area contributed by atoms with Crippen LogP contribution in [0.15, 0.2) is 16.6 Å². The molecule has 0 aromatic heterocycles. The van der Waals surface area contributed by atoms with Crippen LogP contribution in [0.4, 0.5) is 23.2 Å². The summed E-state index contributed by atoms with van der Waals surface area (Å²) in [5.41, 5.74) is -1.89. The van der Waals surface area contributed by atoms with Crippen LogP contribution >= 0.6 is 15.9 Å². The molecule has 0 atom stereocenters. The van der Waals surface area contributed by atoms with Crippen LogP contribution in [0, 0.1) is 12.4 Å². The van der Waals surface area contributed by atoms with Crippen molar-refractivity contribution in [1.29, 1.82) is 0 Å². The molecule has 0 aliphatic rings. The molecule has 1 aromatic rings. The van der Waals surface area contributed by atoms with Crippen LogP contribution in [0.1, 0.15) is 5.56 Å². The summed E-state index contributed by atoms with van der Waals surface area (Å²) in [5.74, 6) is -1.03. The summed E-state index contributed by atoms with van der Waals surface area (Å²) < 4.78 is 49.2. The standard InChI is InChI=1S/C8H2BrF4N/c1-14-7-5(8(11,12)13)2-4(10)3-6(7)9/h2-3H. The van der Waals surface area contributed by atoms with Crippen molar-refractivity contribution >= 4 is 21.6 Å². The summed E-state index contributed by atoms with van der Waals surface area (Å²) in [6.07, 6.45) is -4.72. The number of alkyl halides is 3. The number of rotatable bonds is 0. The average Bonchev–Trinajstić information content (AvgIpc) is 2.01. The van der Waals surface area contributed by atoms with Crippen LogP contribution in [-0.2, 0) is 6.18 Å². The Bertz CT molecular complexity index is 405. The Morgan fingerprint density at radius 3 is 2.29 bits per heavy atom. The van der Waals surface area contributed by atoms with E-state index in [9.17, 15) is 17.6 Å². The van der Waals surface area contributed by atoms with E-state index in [1.807, 2.05) is 0 Å². The van der Waals surface area contributed by atoms with Gasteiger partial charge in [0.2, 0.25) is 5.69 Å². The molecular weight excluding hydrogens is 266 g/mol. The molecule has 1 rings (SSSR count). The van der Waals surface area contributed by atoms with E-state index in [0.29, 0.717) is 6.07 Å². The predicted molar refractivity (Wildman–Crippen MR) is 45.4 cm³/mol. The van der Waals surface area contributed by atoms with Crippen molar-refractivity contribution in [3.8, 4) is 0 Å². The largest absolute Gasteiger partial charge is 0.407 e. The Morgan fingerprint density at radius 2 is 1.86 bits per heavy atom. The van der Waals surface area contributed by atoms with Crippen LogP contribution in [0.25, 0.3) is 4.85 Å². The fourth-order valence-corrected chi connectivity index (χ4v) is 1.42. The van der Waals surface area contributed by atoms with Gasteiger partial charge in [0.15, 0.2) is 0 Å². The second-order valence-corrected chi connectivity index (χ2v) is 3.25. The molecular formula is C8H2BrF4N. The van der Waals surface area contributed by atoms with Gasteiger partial charge in [0.25, 0.3) is 0 Å². The Morgan fingerprint density at radius 1 is 1.29 bits per heavy atom. The van der Waals surface area contributed by atoms with E-state index in [0.717, 1.165) is 6.07 Å². The molecule has 0 aliphatic heterocycles. The van der Waals surface area contributed by atoms with Gasteiger partial charge in [-0.1, -0.05) is 15.9 Å². The predicted octanol–water partition coefficient (Wildman–Crippen LogP) is 4.16. The average molecular weight is 268 g/mol. The third-order valence-electron chi connectivity index (χ3n) is 1.45. The van der Waals surface area contributed by atoms with E-state index in [1.165, 1.54) is 0 Å². The fraction of sp³-hybridized carbons (Fsp3) is 0.125. The van der Waals surface area contributed by atoms with Gasteiger partial charge in [-0.25, -0.2) is 9.24 Å². The SMILES string of the molecule is [C-]#[N+]c1c(Br)cc(F)cc1C(F)(F)F. The molecule has 1 nitrogen and oxygen atoms in total. The van der Waals surface area contributed by atoms with Gasteiger partial charge in [0, 0.05) is 4.47 Å². The molecule has 0 spiro atoms. The zero-order chi connectivity index (χ0) is 10.9. The number of hydrogen-bond donors (Lipinski definition) is 0. The highest BCUT2D eigenvalue weighted by Gasteiger charge is 2.34. The third-order valence-corrected chi connectivity index (χ3v) is 2.05. The van der Waals surface area contributed by atoms with Gasteiger partial charge in [-0.05, 0) is 12.1 Å². The summed E-state index contributed by atoms with van der Waals surface area (Å²) in [6, 6.07) is 1.13. The smallest absolute Gasteiger partial charge is 0.236 e. The molecule has 0 bridgehead atoms. The molecule has 0 radical (unpaired) electrons. The molecule has 6 heteroatoms. The van der Waals surface area contributed by atoms with Crippen LogP contribution < -0.4 is 0 Å². The first-order valence-electron chi connectivity index (χ1n) is 3.30. The molecule has 0 N–H and O–H groups in total. The van der Waals surface area contributed by atoms with Crippen molar-refractivity contribution in [2.45, 2.75) is 6.18 Å². The van der Waals surface area contributed by atoms with Gasteiger partial charge in [-0.2, -0.15) is 13.2 Å². The van der Waals surface area contributed by atoms with Crippen LogP contribution in [0.3, 0.4) is 0 Å². The molecule has 0 heterocycles. The molecule has 0 unspecified atom stereocenters. The van der Waals surface area contributed by atoms with Crippen molar-refractivity contribution in [2.75, 3.05) is 0 Å². The molecule has 74 valence electrons. The van der Waals surface area contributed by atoms with Gasteiger partial charge >= 0.3 is 6.18 Å². The zero-order valence-electron chi connectivity index (χ0n) is 6.49. The first kappa shape index (κ1) is 11.0. The molecule has 0 amide bonds. The van der Waals surface area contributed by atoms with E-state index in [1.54, 1.807) is 0 Å². The normalized spacial score (nSPS) is 11.1. The Kier molecular flexibility index (Phi) is 2.81. The lowest BCUT2D eigenvalue weighted by Crippen LogP contribution is -2.05. The van der Waals surface area contributed by atoms with E-state index in [-0.39, 0.29) is 4.47 Å². The maximum atomic E-state index is 12.6. The minimum absolute atomic E-state index is 0.195. The number of nitrogens with zero attached hydrogens (tertiary/aromatic N) is 1. The lowest BCUT2D eigenvalue weighted by molar-refractivity contribution is -0.137. The Hall–Kier alpha value is -1.09. The minimum atomic E-state index is -4.72. The van der Waals surface area contributed by atoms with E-state index < -0.39 is 23.2 Å². The second kappa shape index (κ2) is 3.58.